The smallest absolute Gasteiger partial charge is 0.272 e. The number of nitrogens with zero attached hydrogens (tertiary/aromatic N) is 3. The molecule has 2 heterocycles. The number of nitrogens with one attached hydrogen (secondary N) is 2. The van der Waals surface area contributed by atoms with Crippen molar-refractivity contribution < 1.29 is 9.53 Å². The minimum absolute atomic E-state index is 0.187. The van der Waals surface area contributed by atoms with E-state index in [9.17, 15) is 4.79 Å². The lowest BCUT2D eigenvalue weighted by atomic mass is 10.2. The highest BCUT2D eigenvalue weighted by atomic mass is 16.5. The van der Waals surface area contributed by atoms with Gasteiger partial charge in [-0.05, 0) is 42.8 Å². The van der Waals surface area contributed by atoms with Crippen LogP contribution < -0.4 is 10.1 Å². The third-order valence-corrected chi connectivity index (χ3v) is 4.17. The van der Waals surface area contributed by atoms with Crippen molar-refractivity contribution in [3.63, 3.8) is 0 Å². The Balaban J connectivity index is 1.46. The number of ether oxygens (including phenoxy) is 1. The molecular formula is C20H19N5O2. The van der Waals surface area contributed by atoms with Gasteiger partial charge in [0, 0.05) is 22.7 Å². The SMILES string of the molecule is CCOc1ccc2cc(C(=O)Nc3ccc(Cn4cncn4)cc3)[nH]c2c1. The van der Waals surface area contributed by atoms with Crippen LogP contribution in [0.2, 0.25) is 0 Å². The van der Waals surface area contributed by atoms with E-state index in [1.807, 2.05) is 55.5 Å². The Morgan fingerprint density at radius 2 is 2.04 bits per heavy atom. The van der Waals surface area contributed by atoms with E-state index in [0.29, 0.717) is 18.8 Å². The fourth-order valence-electron chi connectivity index (χ4n) is 2.88. The number of aromatic nitrogens is 4. The minimum Gasteiger partial charge on any atom is -0.494 e. The molecule has 0 spiro atoms. The van der Waals surface area contributed by atoms with Gasteiger partial charge in [0.25, 0.3) is 5.91 Å². The second-order valence-electron chi connectivity index (χ2n) is 6.11. The molecule has 7 nitrogen and oxygen atoms in total. The van der Waals surface area contributed by atoms with Gasteiger partial charge in [0.2, 0.25) is 0 Å². The predicted molar refractivity (Wildman–Crippen MR) is 103 cm³/mol. The van der Waals surface area contributed by atoms with Crippen LogP contribution in [0.15, 0.2) is 61.2 Å². The van der Waals surface area contributed by atoms with E-state index >= 15 is 0 Å². The Bertz CT molecular complexity index is 1050. The van der Waals surface area contributed by atoms with Crippen LogP contribution in [0.4, 0.5) is 5.69 Å². The number of fused-ring (bicyclic) bond motifs is 1. The van der Waals surface area contributed by atoms with Crippen LogP contribution in [0.1, 0.15) is 23.0 Å². The standard InChI is InChI=1S/C20H19N5O2/c1-2-27-17-8-5-15-9-19(24-18(15)10-17)20(26)23-16-6-3-14(4-7-16)11-25-13-21-12-22-25/h3-10,12-13,24H,2,11H2,1H3,(H,23,26). The molecule has 0 saturated carbocycles. The van der Waals surface area contributed by atoms with Crippen LogP contribution in [0.5, 0.6) is 5.75 Å². The summed E-state index contributed by atoms with van der Waals surface area (Å²) in [5.41, 5.74) is 3.18. The summed E-state index contributed by atoms with van der Waals surface area (Å²) in [7, 11) is 0. The first kappa shape index (κ1) is 16.8. The minimum atomic E-state index is -0.187. The summed E-state index contributed by atoms with van der Waals surface area (Å²) >= 11 is 0. The summed E-state index contributed by atoms with van der Waals surface area (Å²) < 4.78 is 7.24. The van der Waals surface area contributed by atoms with Gasteiger partial charge in [-0.1, -0.05) is 12.1 Å². The normalized spacial score (nSPS) is 10.9. The number of H-pyrrole nitrogens is 1. The summed E-state index contributed by atoms with van der Waals surface area (Å²) in [6, 6.07) is 15.2. The highest BCUT2D eigenvalue weighted by molar-refractivity contribution is 6.06. The van der Waals surface area contributed by atoms with Gasteiger partial charge in [0.1, 0.15) is 24.1 Å². The fourth-order valence-corrected chi connectivity index (χ4v) is 2.88. The third-order valence-electron chi connectivity index (χ3n) is 4.17. The molecule has 0 aliphatic rings. The van der Waals surface area contributed by atoms with Crippen molar-refractivity contribution in [1.29, 1.82) is 0 Å². The van der Waals surface area contributed by atoms with Crippen LogP contribution in [-0.4, -0.2) is 32.3 Å². The molecule has 2 aromatic heterocycles. The van der Waals surface area contributed by atoms with Gasteiger partial charge < -0.3 is 15.0 Å². The monoisotopic (exact) mass is 361 g/mol. The Morgan fingerprint density at radius 3 is 2.78 bits per heavy atom. The molecule has 2 N–H and O–H groups in total. The number of anilines is 1. The van der Waals surface area contributed by atoms with Gasteiger partial charge in [-0.15, -0.1) is 0 Å². The number of rotatable bonds is 6. The van der Waals surface area contributed by atoms with Gasteiger partial charge in [-0.2, -0.15) is 5.10 Å². The molecular weight excluding hydrogens is 342 g/mol. The molecule has 4 aromatic rings. The number of aromatic amines is 1. The van der Waals surface area contributed by atoms with Crippen molar-refractivity contribution in [3.05, 3.63) is 72.4 Å². The highest BCUT2D eigenvalue weighted by Gasteiger charge is 2.10. The molecule has 0 bridgehead atoms. The zero-order chi connectivity index (χ0) is 18.6. The molecule has 0 aliphatic carbocycles. The lowest BCUT2D eigenvalue weighted by Crippen LogP contribution is -2.12. The predicted octanol–water partition coefficient (Wildman–Crippen LogP) is 3.46. The van der Waals surface area contributed by atoms with E-state index in [4.69, 9.17) is 4.74 Å². The number of hydrogen-bond acceptors (Lipinski definition) is 4. The zero-order valence-corrected chi connectivity index (χ0v) is 14.8. The third kappa shape index (κ3) is 3.82. The summed E-state index contributed by atoms with van der Waals surface area (Å²) in [6.45, 7) is 3.18. The lowest BCUT2D eigenvalue weighted by Gasteiger charge is -2.06. The van der Waals surface area contributed by atoms with Crippen molar-refractivity contribution in [3.8, 4) is 5.75 Å². The molecule has 0 fully saturated rings. The average Bonchev–Trinajstić information content (AvgIpc) is 3.33. The number of benzene rings is 2. The Kier molecular flexibility index (Phi) is 4.57. The van der Waals surface area contributed by atoms with Crippen LogP contribution >= 0.6 is 0 Å². The van der Waals surface area contributed by atoms with Crippen molar-refractivity contribution in [2.75, 3.05) is 11.9 Å². The molecule has 0 unspecified atom stereocenters. The van der Waals surface area contributed by atoms with E-state index in [1.54, 1.807) is 11.0 Å². The Hall–Kier alpha value is -3.61. The molecule has 0 radical (unpaired) electrons. The zero-order valence-electron chi connectivity index (χ0n) is 14.8. The molecule has 1 amide bonds. The van der Waals surface area contributed by atoms with Gasteiger partial charge in [-0.3, -0.25) is 4.79 Å². The second kappa shape index (κ2) is 7.33. The van der Waals surface area contributed by atoms with Crippen molar-refractivity contribution in [2.45, 2.75) is 13.5 Å². The van der Waals surface area contributed by atoms with Crippen LogP contribution in [-0.2, 0) is 6.54 Å². The van der Waals surface area contributed by atoms with Crippen molar-refractivity contribution in [1.82, 2.24) is 19.7 Å². The molecule has 7 heteroatoms. The van der Waals surface area contributed by atoms with Crippen molar-refractivity contribution >= 4 is 22.5 Å². The van der Waals surface area contributed by atoms with Gasteiger partial charge in [-0.25, -0.2) is 9.67 Å². The number of amides is 1. The summed E-state index contributed by atoms with van der Waals surface area (Å²) in [6.07, 6.45) is 3.18. The van der Waals surface area contributed by atoms with Crippen molar-refractivity contribution in [2.24, 2.45) is 0 Å². The molecule has 0 atom stereocenters. The maximum Gasteiger partial charge on any atom is 0.272 e. The van der Waals surface area contributed by atoms with Crippen LogP contribution in [0.25, 0.3) is 10.9 Å². The van der Waals surface area contributed by atoms with E-state index in [1.165, 1.54) is 6.33 Å². The highest BCUT2D eigenvalue weighted by Crippen LogP contribution is 2.22. The topological polar surface area (TPSA) is 84.8 Å². The number of carbonyl (C=O) groups excluding carboxylic acids is 1. The molecule has 0 aliphatic heterocycles. The van der Waals surface area contributed by atoms with Crippen LogP contribution in [0, 0.1) is 0 Å². The fraction of sp³-hybridized carbons (Fsp3) is 0.150. The Morgan fingerprint density at radius 1 is 1.19 bits per heavy atom. The first-order valence-corrected chi connectivity index (χ1v) is 8.69. The Labute approximate surface area is 156 Å². The number of carbonyl (C=O) groups is 1. The summed E-state index contributed by atoms with van der Waals surface area (Å²) in [5, 5.41) is 7.96. The van der Waals surface area contributed by atoms with Gasteiger partial charge in [0.15, 0.2) is 0 Å². The molecule has 2 aromatic carbocycles. The van der Waals surface area contributed by atoms with E-state index in [2.05, 4.69) is 20.4 Å². The molecule has 0 saturated heterocycles. The average molecular weight is 361 g/mol. The second-order valence-corrected chi connectivity index (χ2v) is 6.11. The maximum atomic E-state index is 12.5. The van der Waals surface area contributed by atoms with E-state index in [-0.39, 0.29) is 5.91 Å². The molecule has 4 rings (SSSR count). The maximum absolute atomic E-state index is 12.5. The quantitative estimate of drug-likeness (QED) is 0.551. The molecule has 136 valence electrons. The summed E-state index contributed by atoms with van der Waals surface area (Å²) in [4.78, 5) is 19.6. The molecule has 27 heavy (non-hydrogen) atoms. The largest absolute Gasteiger partial charge is 0.494 e. The lowest BCUT2D eigenvalue weighted by molar-refractivity contribution is 0.102. The summed E-state index contributed by atoms with van der Waals surface area (Å²) in [5.74, 6) is 0.593. The van der Waals surface area contributed by atoms with E-state index in [0.717, 1.165) is 27.9 Å². The first-order valence-electron chi connectivity index (χ1n) is 8.69. The van der Waals surface area contributed by atoms with Crippen LogP contribution in [0.3, 0.4) is 0 Å². The van der Waals surface area contributed by atoms with E-state index < -0.39 is 0 Å². The van der Waals surface area contributed by atoms with Gasteiger partial charge >= 0.3 is 0 Å². The number of hydrogen-bond donors (Lipinski definition) is 2. The van der Waals surface area contributed by atoms with Gasteiger partial charge in [0.05, 0.1) is 13.2 Å². The first-order chi connectivity index (χ1) is 13.2.